The molecule has 164 valence electrons. The van der Waals surface area contributed by atoms with Crippen molar-refractivity contribution in [2.24, 2.45) is 5.92 Å². The van der Waals surface area contributed by atoms with E-state index in [4.69, 9.17) is 4.74 Å². The Balaban J connectivity index is 1.41. The molecule has 31 heavy (non-hydrogen) atoms. The normalized spacial score (nSPS) is 19.1. The van der Waals surface area contributed by atoms with Gasteiger partial charge in [-0.25, -0.2) is 4.39 Å². The van der Waals surface area contributed by atoms with Crippen molar-refractivity contribution in [2.45, 2.75) is 38.8 Å². The van der Waals surface area contributed by atoms with Crippen LogP contribution in [0.25, 0.3) is 21.3 Å². The molecule has 1 aliphatic rings. The molecule has 2 atom stereocenters. The number of piperidine rings is 1. The first-order chi connectivity index (χ1) is 15.0. The Labute approximate surface area is 185 Å². The van der Waals surface area contributed by atoms with Crippen LogP contribution in [0, 0.1) is 12.8 Å². The maximum atomic E-state index is 14.6. The van der Waals surface area contributed by atoms with E-state index in [-0.39, 0.29) is 24.8 Å². The lowest BCUT2D eigenvalue weighted by Crippen LogP contribution is -2.45. The highest BCUT2D eigenvalue weighted by Gasteiger charge is 2.31. The summed E-state index contributed by atoms with van der Waals surface area (Å²) in [5.41, 5.74) is 1.69. The predicted octanol–water partition coefficient (Wildman–Crippen LogP) is 4.22. The maximum absolute atomic E-state index is 14.6. The van der Waals surface area contributed by atoms with Crippen LogP contribution in [0.4, 0.5) is 4.39 Å². The summed E-state index contributed by atoms with van der Waals surface area (Å²) in [6.07, 6.45) is 3.35. The van der Waals surface area contributed by atoms with E-state index in [9.17, 15) is 9.18 Å². The van der Waals surface area contributed by atoms with Gasteiger partial charge >= 0.3 is 0 Å². The second kappa shape index (κ2) is 9.78. The summed E-state index contributed by atoms with van der Waals surface area (Å²) < 4.78 is 19.6. The van der Waals surface area contributed by atoms with E-state index < -0.39 is 6.17 Å². The van der Waals surface area contributed by atoms with Crippen LogP contribution in [-0.4, -0.2) is 59.0 Å². The number of benzene rings is 1. The van der Waals surface area contributed by atoms with Gasteiger partial charge in [0.25, 0.3) is 0 Å². The van der Waals surface area contributed by atoms with Crippen LogP contribution >= 0.6 is 11.3 Å². The lowest BCUT2D eigenvalue weighted by molar-refractivity contribution is -0.133. The fourth-order valence-corrected chi connectivity index (χ4v) is 4.78. The van der Waals surface area contributed by atoms with Gasteiger partial charge in [0.2, 0.25) is 5.91 Å². The highest BCUT2D eigenvalue weighted by molar-refractivity contribution is 7.14. The van der Waals surface area contributed by atoms with Gasteiger partial charge in [-0.15, -0.1) is 10.2 Å². The van der Waals surface area contributed by atoms with Crippen molar-refractivity contribution in [3.05, 3.63) is 41.2 Å². The first kappa shape index (κ1) is 21.8. The number of pyridine rings is 1. The van der Waals surface area contributed by atoms with Crippen LogP contribution in [0.15, 0.2) is 30.5 Å². The Kier molecular flexibility index (Phi) is 6.87. The van der Waals surface area contributed by atoms with E-state index in [1.165, 1.54) is 0 Å². The zero-order valence-corrected chi connectivity index (χ0v) is 18.7. The van der Waals surface area contributed by atoms with Crippen LogP contribution in [0.5, 0.6) is 0 Å². The van der Waals surface area contributed by atoms with Gasteiger partial charge in [0.15, 0.2) is 0 Å². The van der Waals surface area contributed by atoms with Crippen molar-refractivity contribution in [1.29, 1.82) is 0 Å². The van der Waals surface area contributed by atoms with Crippen molar-refractivity contribution >= 4 is 28.0 Å². The Hall–Kier alpha value is -2.45. The highest BCUT2D eigenvalue weighted by Crippen LogP contribution is 2.28. The number of aryl methyl sites for hydroxylation is 1. The number of hydrogen-bond acceptors (Lipinski definition) is 6. The highest BCUT2D eigenvalue weighted by atomic mass is 32.1. The molecular formula is C23H27FN4O2S. The van der Waals surface area contributed by atoms with Gasteiger partial charge in [-0.3, -0.25) is 9.78 Å². The Morgan fingerprint density at radius 1 is 1.29 bits per heavy atom. The number of ether oxygens (including phenoxy) is 1. The molecule has 3 heterocycles. The number of methoxy groups -OCH3 is 1. The fourth-order valence-electron chi connectivity index (χ4n) is 4.09. The minimum atomic E-state index is -0.975. The first-order valence-electron chi connectivity index (χ1n) is 10.6. The molecule has 0 aliphatic carbocycles. The number of carbonyl (C=O) groups excluding carboxylic acids is 1. The molecule has 1 saturated heterocycles. The molecule has 6 nitrogen and oxygen atoms in total. The quantitative estimate of drug-likeness (QED) is 0.513. The van der Waals surface area contributed by atoms with Gasteiger partial charge in [-0.2, -0.15) is 0 Å². The molecular weight excluding hydrogens is 415 g/mol. The second-order valence-electron chi connectivity index (χ2n) is 8.08. The van der Waals surface area contributed by atoms with Crippen molar-refractivity contribution < 1.29 is 13.9 Å². The molecule has 0 spiro atoms. The Morgan fingerprint density at radius 2 is 2.16 bits per heavy atom. The average Bonchev–Trinajstić information content (AvgIpc) is 3.20. The van der Waals surface area contributed by atoms with Gasteiger partial charge in [0.05, 0.1) is 18.7 Å². The van der Waals surface area contributed by atoms with E-state index in [0.717, 1.165) is 39.2 Å². The first-order valence-corrected chi connectivity index (χ1v) is 11.4. The second-order valence-corrected chi connectivity index (χ2v) is 9.26. The summed E-state index contributed by atoms with van der Waals surface area (Å²) in [5.74, 6) is -0.0545. The predicted molar refractivity (Wildman–Crippen MR) is 120 cm³/mol. The van der Waals surface area contributed by atoms with Gasteiger partial charge in [0.1, 0.15) is 16.2 Å². The molecule has 2 aromatic heterocycles. The molecule has 0 N–H and O–H groups in total. The van der Waals surface area contributed by atoms with E-state index in [1.807, 2.05) is 31.2 Å². The maximum Gasteiger partial charge on any atom is 0.228 e. The standard InChI is InChI=1S/C23H27FN4O2S/c1-15-26-27-23(31-15)17-5-6-18-13-25-20(11-19(18)10-17)12-22(29)28-8-7-16(21(24)14-28)4-3-9-30-2/h5-6,10-11,13,16,21H,3-4,7-9,12,14H2,1-2H3/t16-,21-/m0/s1. The molecule has 8 heteroatoms. The Morgan fingerprint density at radius 3 is 2.90 bits per heavy atom. The molecule has 3 aromatic rings. The van der Waals surface area contributed by atoms with Crippen molar-refractivity contribution in [1.82, 2.24) is 20.1 Å². The topological polar surface area (TPSA) is 68.2 Å². The summed E-state index contributed by atoms with van der Waals surface area (Å²) in [6, 6.07) is 8.00. The molecule has 0 bridgehead atoms. The minimum absolute atomic E-state index is 0.0143. The fraction of sp³-hybridized carbons (Fsp3) is 0.478. The number of nitrogens with zero attached hydrogens (tertiary/aromatic N) is 4. The lowest BCUT2D eigenvalue weighted by atomic mass is 9.90. The number of rotatable bonds is 7. The monoisotopic (exact) mass is 442 g/mol. The van der Waals surface area contributed by atoms with Gasteiger partial charge < -0.3 is 9.64 Å². The van der Waals surface area contributed by atoms with Crippen molar-refractivity contribution in [2.75, 3.05) is 26.8 Å². The van der Waals surface area contributed by atoms with Crippen LogP contribution < -0.4 is 0 Å². The number of amides is 1. The summed E-state index contributed by atoms with van der Waals surface area (Å²) in [5, 5.41) is 12.1. The number of fused-ring (bicyclic) bond motifs is 1. The third-order valence-corrected chi connectivity index (χ3v) is 6.72. The molecule has 1 aromatic carbocycles. The molecule has 4 rings (SSSR count). The van der Waals surface area contributed by atoms with Gasteiger partial charge in [0, 0.05) is 37.4 Å². The van der Waals surface area contributed by atoms with E-state index in [0.29, 0.717) is 25.3 Å². The summed E-state index contributed by atoms with van der Waals surface area (Å²) in [7, 11) is 1.66. The number of likely N-dealkylation sites (tertiary alicyclic amines) is 1. The smallest absolute Gasteiger partial charge is 0.228 e. The number of carbonyl (C=O) groups is 1. The van der Waals surface area contributed by atoms with Crippen molar-refractivity contribution in [3.8, 4) is 10.6 Å². The molecule has 1 aliphatic heterocycles. The third kappa shape index (κ3) is 5.25. The summed E-state index contributed by atoms with van der Waals surface area (Å²) >= 11 is 1.55. The molecule has 0 saturated carbocycles. The molecule has 0 radical (unpaired) electrons. The van der Waals surface area contributed by atoms with Crippen LogP contribution in [-0.2, 0) is 16.0 Å². The largest absolute Gasteiger partial charge is 0.385 e. The Bertz CT molecular complexity index is 1060. The zero-order valence-electron chi connectivity index (χ0n) is 17.9. The van der Waals surface area contributed by atoms with E-state index in [2.05, 4.69) is 15.2 Å². The van der Waals surface area contributed by atoms with E-state index in [1.54, 1.807) is 29.5 Å². The number of aromatic nitrogens is 3. The van der Waals surface area contributed by atoms with Crippen LogP contribution in [0.3, 0.4) is 0 Å². The third-order valence-electron chi connectivity index (χ3n) is 5.84. The van der Waals surface area contributed by atoms with Crippen LogP contribution in [0.2, 0.25) is 0 Å². The number of alkyl halides is 1. The summed E-state index contributed by atoms with van der Waals surface area (Å²) in [6.45, 7) is 3.36. The zero-order chi connectivity index (χ0) is 21.8. The summed E-state index contributed by atoms with van der Waals surface area (Å²) in [4.78, 5) is 18.9. The number of hydrogen-bond donors (Lipinski definition) is 0. The number of halogens is 1. The van der Waals surface area contributed by atoms with Gasteiger partial charge in [-0.05, 0) is 49.6 Å². The van der Waals surface area contributed by atoms with Crippen LogP contribution in [0.1, 0.15) is 30.0 Å². The molecule has 1 fully saturated rings. The minimum Gasteiger partial charge on any atom is -0.385 e. The van der Waals surface area contributed by atoms with Gasteiger partial charge in [-0.1, -0.05) is 23.5 Å². The average molecular weight is 443 g/mol. The lowest BCUT2D eigenvalue weighted by Gasteiger charge is -2.34. The van der Waals surface area contributed by atoms with E-state index >= 15 is 0 Å². The SMILES string of the molecule is COCCC[C@H]1CCN(C(=O)Cc2cc3cc(-c4nnc(C)s4)ccc3cn2)C[C@@H]1F. The van der Waals surface area contributed by atoms with Crippen molar-refractivity contribution in [3.63, 3.8) is 0 Å². The molecule has 0 unspecified atom stereocenters. The molecule has 1 amide bonds.